The van der Waals surface area contributed by atoms with Crippen LogP contribution in [-0.4, -0.2) is 18.9 Å². The fraction of sp³-hybridized carbons (Fsp3) is 0.222. The Hall–Kier alpha value is -2.82. The molecule has 2 amide bonds. The number of anilines is 1. The number of benzene rings is 2. The highest BCUT2D eigenvalue weighted by Crippen LogP contribution is 2.24. The Morgan fingerprint density at radius 2 is 2.09 bits per heavy atom. The summed E-state index contributed by atoms with van der Waals surface area (Å²) in [6.07, 6.45) is 0.669. The topological polar surface area (TPSA) is 67.4 Å². The fourth-order valence-electron chi connectivity index (χ4n) is 2.68. The zero-order chi connectivity index (χ0) is 16.2. The van der Waals surface area contributed by atoms with Crippen molar-refractivity contribution in [1.29, 1.82) is 0 Å². The Kier molecular flexibility index (Phi) is 4.28. The molecule has 1 aliphatic heterocycles. The van der Waals surface area contributed by atoms with Gasteiger partial charge >= 0.3 is 0 Å². The molecule has 23 heavy (non-hydrogen) atoms. The third-order valence-electron chi connectivity index (χ3n) is 3.83. The van der Waals surface area contributed by atoms with E-state index >= 15 is 0 Å². The molecule has 0 aliphatic carbocycles. The molecule has 2 aromatic rings. The van der Waals surface area contributed by atoms with Crippen molar-refractivity contribution in [3.8, 4) is 5.75 Å². The SMILES string of the molecule is COc1ccccc1CNC(=O)Cc1ccc2c(c1)CC(=O)N2. The van der Waals surface area contributed by atoms with Crippen molar-refractivity contribution >= 4 is 17.5 Å². The van der Waals surface area contributed by atoms with E-state index in [-0.39, 0.29) is 18.2 Å². The Labute approximate surface area is 134 Å². The van der Waals surface area contributed by atoms with Gasteiger partial charge in [-0.3, -0.25) is 9.59 Å². The summed E-state index contributed by atoms with van der Waals surface area (Å²) in [5.74, 6) is 0.695. The number of amides is 2. The minimum Gasteiger partial charge on any atom is -0.496 e. The standard InChI is InChI=1S/C18H18N2O3/c1-23-16-5-3-2-4-13(16)11-19-17(21)9-12-6-7-15-14(8-12)10-18(22)20-15/h2-8H,9-11H2,1H3,(H,19,21)(H,20,22). The van der Waals surface area contributed by atoms with E-state index in [2.05, 4.69) is 10.6 Å². The highest BCUT2D eigenvalue weighted by atomic mass is 16.5. The predicted octanol–water partition coefficient (Wildman–Crippen LogP) is 2.05. The first-order chi connectivity index (χ1) is 11.2. The predicted molar refractivity (Wildman–Crippen MR) is 87.3 cm³/mol. The van der Waals surface area contributed by atoms with Gasteiger partial charge in [0, 0.05) is 17.8 Å². The van der Waals surface area contributed by atoms with Crippen LogP contribution in [0.1, 0.15) is 16.7 Å². The molecule has 0 bridgehead atoms. The summed E-state index contributed by atoms with van der Waals surface area (Å²) in [5.41, 5.74) is 3.63. The summed E-state index contributed by atoms with van der Waals surface area (Å²) >= 11 is 0. The third kappa shape index (κ3) is 3.51. The summed E-state index contributed by atoms with van der Waals surface area (Å²) in [4.78, 5) is 23.5. The highest BCUT2D eigenvalue weighted by molar-refractivity contribution is 5.99. The second-order valence-corrected chi connectivity index (χ2v) is 5.48. The molecule has 2 N–H and O–H groups in total. The zero-order valence-electron chi connectivity index (χ0n) is 12.9. The van der Waals surface area contributed by atoms with Gasteiger partial charge < -0.3 is 15.4 Å². The number of hydrogen-bond donors (Lipinski definition) is 2. The van der Waals surface area contributed by atoms with Crippen LogP contribution in [0.4, 0.5) is 5.69 Å². The van der Waals surface area contributed by atoms with Gasteiger partial charge in [0.2, 0.25) is 11.8 Å². The van der Waals surface area contributed by atoms with Crippen LogP contribution >= 0.6 is 0 Å². The van der Waals surface area contributed by atoms with E-state index < -0.39 is 0 Å². The number of ether oxygens (including phenoxy) is 1. The van der Waals surface area contributed by atoms with E-state index in [1.54, 1.807) is 7.11 Å². The number of rotatable bonds is 5. The largest absolute Gasteiger partial charge is 0.496 e. The molecule has 0 saturated carbocycles. The number of methoxy groups -OCH3 is 1. The van der Waals surface area contributed by atoms with Gasteiger partial charge in [-0.2, -0.15) is 0 Å². The van der Waals surface area contributed by atoms with Gasteiger partial charge in [0.25, 0.3) is 0 Å². The van der Waals surface area contributed by atoms with Crippen molar-refractivity contribution < 1.29 is 14.3 Å². The van der Waals surface area contributed by atoms with Gasteiger partial charge in [-0.1, -0.05) is 30.3 Å². The zero-order valence-corrected chi connectivity index (χ0v) is 12.9. The van der Waals surface area contributed by atoms with Crippen LogP contribution in [0.15, 0.2) is 42.5 Å². The maximum absolute atomic E-state index is 12.1. The molecule has 1 aliphatic rings. The van der Waals surface area contributed by atoms with Crippen LogP contribution in [0.5, 0.6) is 5.75 Å². The molecular formula is C18H18N2O3. The van der Waals surface area contributed by atoms with Gasteiger partial charge in [-0.25, -0.2) is 0 Å². The number of para-hydroxylation sites is 1. The Morgan fingerprint density at radius 3 is 2.91 bits per heavy atom. The van der Waals surface area contributed by atoms with Crippen LogP contribution in [0.2, 0.25) is 0 Å². The lowest BCUT2D eigenvalue weighted by atomic mass is 10.1. The van der Waals surface area contributed by atoms with Crippen molar-refractivity contribution in [3.05, 3.63) is 59.2 Å². The smallest absolute Gasteiger partial charge is 0.228 e. The lowest BCUT2D eigenvalue weighted by molar-refractivity contribution is -0.120. The monoisotopic (exact) mass is 310 g/mol. The Balaban J connectivity index is 1.60. The van der Waals surface area contributed by atoms with Crippen molar-refractivity contribution in [1.82, 2.24) is 5.32 Å². The summed E-state index contributed by atoms with van der Waals surface area (Å²) in [5, 5.41) is 5.68. The highest BCUT2D eigenvalue weighted by Gasteiger charge is 2.18. The number of carbonyl (C=O) groups is 2. The van der Waals surface area contributed by atoms with Gasteiger partial charge in [-0.15, -0.1) is 0 Å². The van der Waals surface area contributed by atoms with Gasteiger partial charge in [0.15, 0.2) is 0 Å². The number of fused-ring (bicyclic) bond motifs is 1. The van der Waals surface area contributed by atoms with Gasteiger partial charge in [0.05, 0.1) is 20.0 Å². The van der Waals surface area contributed by atoms with E-state index in [1.165, 1.54) is 0 Å². The van der Waals surface area contributed by atoms with Crippen LogP contribution in [0.3, 0.4) is 0 Å². The molecular weight excluding hydrogens is 292 g/mol. The van der Waals surface area contributed by atoms with E-state index in [9.17, 15) is 9.59 Å². The molecule has 0 spiro atoms. The molecule has 0 saturated heterocycles. The van der Waals surface area contributed by atoms with E-state index in [4.69, 9.17) is 4.74 Å². The van der Waals surface area contributed by atoms with Gasteiger partial charge in [0.1, 0.15) is 5.75 Å². The second-order valence-electron chi connectivity index (χ2n) is 5.48. The summed E-state index contributed by atoms with van der Waals surface area (Å²) in [6, 6.07) is 13.2. The molecule has 3 rings (SSSR count). The van der Waals surface area contributed by atoms with Crippen molar-refractivity contribution in [2.75, 3.05) is 12.4 Å². The molecule has 0 atom stereocenters. The van der Waals surface area contributed by atoms with E-state index in [0.717, 1.165) is 28.1 Å². The molecule has 0 radical (unpaired) electrons. The first-order valence-corrected chi connectivity index (χ1v) is 7.46. The van der Waals surface area contributed by atoms with Crippen molar-refractivity contribution in [2.24, 2.45) is 0 Å². The summed E-state index contributed by atoms with van der Waals surface area (Å²) in [6.45, 7) is 0.424. The number of hydrogen-bond acceptors (Lipinski definition) is 3. The Morgan fingerprint density at radius 1 is 1.26 bits per heavy atom. The first-order valence-electron chi connectivity index (χ1n) is 7.46. The molecule has 0 fully saturated rings. The van der Waals surface area contributed by atoms with Crippen LogP contribution < -0.4 is 15.4 Å². The minimum absolute atomic E-state index is 0.00206. The lowest BCUT2D eigenvalue weighted by Gasteiger charge is -2.10. The molecule has 5 nitrogen and oxygen atoms in total. The Bertz CT molecular complexity index is 756. The molecule has 1 heterocycles. The van der Waals surface area contributed by atoms with Gasteiger partial charge in [-0.05, 0) is 23.3 Å². The average Bonchev–Trinajstić information content (AvgIpc) is 2.92. The van der Waals surface area contributed by atoms with Crippen LogP contribution in [0, 0.1) is 0 Å². The maximum atomic E-state index is 12.1. The van der Waals surface area contributed by atoms with Crippen LogP contribution in [0.25, 0.3) is 0 Å². The maximum Gasteiger partial charge on any atom is 0.228 e. The number of nitrogens with one attached hydrogen (secondary N) is 2. The van der Waals surface area contributed by atoms with Crippen molar-refractivity contribution in [2.45, 2.75) is 19.4 Å². The normalized spacial score (nSPS) is 12.5. The molecule has 0 unspecified atom stereocenters. The van der Waals surface area contributed by atoms with E-state index in [1.807, 2.05) is 42.5 Å². The average molecular weight is 310 g/mol. The molecule has 5 heteroatoms. The molecule has 2 aromatic carbocycles. The summed E-state index contributed by atoms with van der Waals surface area (Å²) < 4.78 is 5.27. The number of carbonyl (C=O) groups excluding carboxylic acids is 2. The van der Waals surface area contributed by atoms with E-state index in [0.29, 0.717) is 13.0 Å². The second kappa shape index (κ2) is 6.52. The molecule has 0 aromatic heterocycles. The summed E-state index contributed by atoms with van der Waals surface area (Å²) in [7, 11) is 1.61. The molecule has 118 valence electrons. The third-order valence-corrected chi connectivity index (χ3v) is 3.83. The van der Waals surface area contributed by atoms with Crippen LogP contribution in [-0.2, 0) is 29.0 Å². The lowest BCUT2D eigenvalue weighted by Crippen LogP contribution is -2.24. The first kappa shape index (κ1) is 15.1. The van der Waals surface area contributed by atoms with Crippen molar-refractivity contribution in [3.63, 3.8) is 0 Å². The quantitative estimate of drug-likeness (QED) is 0.888. The minimum atomic E-state index is -0.0619. The fourth-order valence-corrected chi connectivity index (χ4v) is 2.68.